The number of nitrogens with zero attached hydrogens (tertiary/aromatic N) is 1. The number of aldehydes is 1. The van der Waals surface area contributed by atoms with Crippen molar-refractivity contribution >= 4 is 29.0 Å². The lowest BCUT2D eigenvalue weighted by Gasteiger charge is -2.28. The van der Waals surface area contributed by atoms with Crippen LogP contribution < -0.4 is 10.1 Å². The lowest BCUT2D eigenvalue weighted by molar-refractivity contribution is 0.112. The molecule has 0 saturated heterocycles. The van der Waals surface area contributed by atoms with Crippen molar-refractivity contribution in [3.63, 3.8) is 0 Å². The van der Waals surface area contributed by atoms with Crippen LogP contribution in [0, 0.1) is 5.41 Å². The fourth-order valence-corrected chi connectivity index (χ4v) is 3.61. The normalized spacial score (nSPS) is 15.3. The summed E-state index contributed by atoms with van der Waals surface area (Å²) in [7, 11) is 0. The summed E-state index contributed by atoms with van der Waals surface area (Å²) >= 11 is 0. The Hall–Kier alpha value is -2.82. The van der Waals surface area contributed by atoms with Crippen molar-refractivity contribution in [1.29, 1.82) is 0 Å². The first-order valence-corrected chi connectivity index (χ1v) is 10.4. The fourth-order valence-electron chi connectivity index (χ4n) is 3.61. The molecule has 1 aliphatic rings. The summed E-state index contributed by atoms with van der Waals surface area (Å²) in [5.74, 6) is 1.47. The van der Waals surface area contributed by atoms with Crippen LogP contribution in [0.25, 0.3) is 11.0 Å². The number of carbonyl (C=O) groups is 1. The SMILES string of the molecule is CC1(C)CCCCC1.CCOc1ccc(Nc2nc3ccc(C=O)cc3[nH]2)cc1. The average molecular weight is 394 g/mol. The Morgan fingerprint density at radius 2 is 1.83 bits per heavy atom. The van der Waals surface area contributed by atoms with Gasteiger partial charge in [0.1, 0.15) is 12.0 Å². The number of hydrogen-bond acceptors (Lipinski definition) is 4. The van der Waals surface area contributed by atoms with Crippen molar-refractivity contribution in [1.82, 2.24) is 9.97 Å². The van der Waals surface area contributed by atoms with Crippen LogP contribution >= 0.6 is 0 Å². The molecule has 29 heavy (non-hydrogen) atoms. The number of nitrogens with one attached hydrogen (secondary N) is 2. The molecule has 1 fully saturated rings. The molecule has 0 atom stereocenters. The molecule has 2 aromatic carbocycles. The predicted molar refractivity (Wildman–Crippen MR) is 119 cm³/mol. The summed E-state index contributed by atoms with van der Waals surface area (Å²) in [4.78, 5) is 18.3. The number of hydrogen-bond donors (Lipinski definition) is 2. The van der Waals surface area contributed by atoms with E-state index in [4.69, 9.17) is 4.74 Å². The van der Waals surface area contributed by atoms with Crippen molar-refractivity contribution in [3.05, 3.63) is 48.0 Å². The minimum atomic E-state index is 0.624. The van der Waals surface area contributed by atoms with Crippen molar-refractivity contribution in [2.75, 3.05) is 11.9 Å². The standard InChI is InChI=1S/C16H15N3O2.C8H16/c1-2-21-13-6-4-12(5-7-13)17-16-18-14-8-3-11(10-20)9-15(14)19-16;1-8(2)6-4-3-5-7-8/h3-10H,2H2,1H3,(H2,17,18,19);3-7H2,1-2H3. The van der Waals surface area contributed by atoms with E-state index in [9.17, 15) is 4.79 Å². The van der Waals surface area contributed by atoms with Gasteiger partial charge in [-0.15, -0.1) is 0 Å². The maximum atomic E-state index is 10.8. The van der Waals surface area contributed by atoms with E-state index < -0.39 is 0 Å². The molecule has 1 saturated carbocycles. The zero-order valence-electron chi connectivity index (χ0n) is 17.6. The van der Waals surface area contributed by atoms with Gasteiger partial charge in [-0.25, -0.2) is 4.98 Å². The Balaban J connectivity index is 0.000000252. The number of H-pyrrole nitrogens is 1. The second kappa shape index (κ2) is 9.59. The van der Waals surface area contributed by atoms with Crippen LogP contribution in [-0.2, 0) is 0 Å². The second-order valence-corrected chi connectivity index (χ2v) is 8.29. The highest BCUT2D eigenvalue weighted by Crippen LogP contribution is 2.34. The molecule has 3 aromatic rings. The van der Waals surface area contributed by atoms with Crippen LogP contribution in [-0.4, -0.2) is 22.9 Å². The monoisotopic (exact) mass is 393 g/mol. The molecule has 1 aliphatic carbocycles. The lowest BCUT2D eigenvalue weighted by atomic mass is 9.78. The van der Waals surface area contributed by atoms with Crippen molar-refractivity contribution in [3.8, 4) is 5.75 Å². The van der Waals surface area contributed by atoms with Crippen molar-refractivity contribution in [2.24, 2.45) is 5.41 Å². The molecule has 0 bridgehead atoms. The van der Waals surface area contributed by atoms with E-state index in [1.807, 2.05) is 37.3 Å². The molecule has 0 aliphatic heterocycles. The van der Waals surface area contributed by atoms with Crippen LogP contribution in [0.1, 0.15) is 63.2 Å². The maximum absolute atomic E-state index is 10.8. The molecule has 0 spiro atoms. The number of ether oxygens (including phenoxy) is 1. The zero-order chi connectivity index (χ0) is 20.7. The van der Waals surface area contributed by atoms with Gasteiger partial charge in [0.2, 0.25) is 5.95 Å². The van der Waals surface area contributed by atoms with E-state index in [0.717, 1.165) is 28.8 Å². The molecule has 2 N–H and O–H groups in total. The summed E-state index contributed by atoms with van der Waals surface area (Å²) < 4.78 is 5.40. The third-order valence-electron chi connectivity index (χ3n) is 5.28. The Bertz CT molecular complexity index is 921. The topological polar surface area (TPSA) is 67.0 Å². The number of imidazole rings is 1. The van der Waals surface area contributed by atoms with E-state index in [2.05, 4.69) is 29.1 Å². The van der Waals surface area contributed by atoms with E-state index in [1.54, 1.807) is 12.1 Å². The van der Waals surface area contributed by atoms with Crippen molar-refractivity contribution in [2.45, 2.75) is 52.9 Å². The Morgan fingerprint density at radius 1 is 1.10 bits per heavy atom. The van der Waals surface area contributed by atoms with Gasteiger partial charge in [-0.1, -0.05) is 33.1 Å². The Labute approximate surface area is 172 Å². The van der Waals surface area contributed by atoms with Crippen LogP contribution in [0.3, 0.4) is 0 Å². The average Bonchev–Trinajstić information content (AvgIpc) is 3.11. The lowest BCUT2D eigenvalue weighted by Crippen LogP contribution is -2.14. The van der Waals surface area contributed by atoms with E-state index in [0.29, 0.717) is 23.5 Å². The number of benzene rings is 2. The molecule has 0 amide bonds. The minimum Gasteiger partial charge on any atom is -0.494 e. The second-order valence-electron chi connectivity index (χ2n) is 8.29. The van der Waals surface area contributed by atoms with Crippen LogP contribution in [0.2, 0.25) is 0 Å². The summed E-state index contributed by atoms with van der Waals surface area (Å²) in [6.07, 6.45) is 8.13. The first-order chi connectivity index (χ1) is 14.0. The Morgan fingerprint density at radius 3 is 2.41 bits per heavy atom. The van der Waals surface area contributed by atoms with Crippen molar-refractivity contribution < 1.29 is 9.53 Å². The minimum absolute atomic E-state index is 0.624. The largest absolute Gasteiger partial charge is 0.494 e. The smallest absolute Gasteiger partial charge is 0.205 e. The zero-order valence-corrected chi connectivity index (χ0v) is 17.6. The number of aromatic nitrogens is 2. The van der Waals surface area contributed by atoms with Gasteiger partial charge < -0.3 is 15.0 Å². The van der Waals surface area contributed by atoms with Gasteiger partial charge in [-0.3, -0.25) is 4.79 Å². The third kappa shape index (κ3) is 6.08. The van der Waals surface area contributed by atoms with E-state index in [1.165, 1.54) is 32.1 Å². The molecular weight excluding hydrogens is 362 g/mol. The summed E-state index contributed by atoms with van der Waals surface area (Å²) in [5, 5.41) is 3.19. The number of fused-ring (bicyclic) bond motifs is 1. The highest BCUT2D eigenvalue weighted by Gasteiger charge is 2.19. The maximum Gasteiger partial charge on any atom is 0.205 e. The predicted octanol–water partition coefficient (Wildman–Crippen LogP) is 6.49. The van der Waals surface area contributed by atoms with Gasteiger partial charge in [0.05, 0.1) is 17.6 Å². The molecular formula is C24H31N3O2. The third-order valence-corrected chi connectivity index (χ3v) is 5.28. The highest BCUT2D eigenvalue weighted by atomic mass is 16.5. The molecule has 5 nitrogen and oxygen atoms in total. The first kappa shape index (κ1) is 20.9. The number of anilines is 2. The van der Waals surface area contributed by atoms with Gasteiger partial charge >= 0.3 is 0 Å². The fraction of sp³-hybridized carbons (Fsp3) is 0.417. The van der Waals surface area contributed by atoms with Gasteiger partial charge in [-0.05, 0) is 67.6 Å². The quantitative estimate of drug-likeness (QED) is 0.486. The van der Waals surface area contributed by atoms with Crippen LogP contribution in [0.15, 0.2) is 42.5 Å². The Kier molecular flexibility index (Phi) is 6.91. The molecule has 154 valence electrons. The van der Waals surface area contributed by atoms with Gasteiger partial charge in [0.25, 0.3) is 0 Å². The molecule has 1 aromatic heterocycles. The molecule has 4 rings (SSSR count). The van der Waals surface area contributed by atoms with Gasteiger partial charge in [0.15, 0.2) is 0 Å². The summed E-state index contributed by atoms with van der Waals surface area (Å²) in [6, 6.07) is 13.0. The number of rotatable bonds is 5. The van der Waals surface area contributed by atoms with Crippen LogP contribution in [0.5, 0.6) is 5.75 Å². The number of aromatic amines is 1. The molecule has 1 heterocycles. The van der Waals surface area contributed by atoms with E-state index >= 15 is 0 Å². The van der Waals surface area contributed by atoms with Crippen LogP contribution in [0.4, 0.5) is 11.6 Å². The van der Waals surface area contributed by atoms with Gasteiger partial charge in [0, 0.05) is 11.3 Å². The highest BCUT2D eigenvalue weighted by molar-refractivity contribution is 5.86. The molecule has 5 heteroatoms. The first-order valence-electron chi connectivity index (χ1n) is 10.4. The summed E-state index contributed by atoms with van der Waals surface area (Å²) in [6.45, 7) is 7.36. The molecule has 0 unspecified atom stereocenters. The summed E-state index contributed by atoms with van der Waals surface area (Å²) in [5.41, 5.74) is 3.85. The van der Waals surface area contributed by atoms with E-state index in [-0.39, 0.29) is 0 Å². The molecule has 0 radical (unpaired) electrons. The van der Waals surface area contributed by atoms with Gasteiger partial charge in [-0.2, -0.15) is 0 Å². The number of carbonyl (C=O) groups excluding carboxylic acids is 1.